The van der Waals surface area contributed by atoms with Gasteiger partial charge in [-0.3, -0.25) is 4.79 Å². The number of ketones is 1. The predicted octanol–water partition coefficient (Wildman–Crippen LogP) is 5.18. The van der Waals surface area contributed by atoms with E-state index >= 15 is 0 Å². The lowest BCUT2D eigenvalue weighted by atomic mass is 9.85. The lowest BCUT2D eigenvalue weighted by Crippen LogP contribution is -2.10. The third-order valence-corrected chi connectivity index (χ3v) is 4.24. The monoisotopic (exact) mass is 298 g/mol. The topological polar surface area (TPSA) is 17.1 Å². The van der Waals surface area contributed by atoms with Crippen LogP contribution in [0.5, 0.6) is 0 Å². The maximum atomic E-state index is 12.4. The molecule has 2 rings (SSSR count). The van der Waals surface area contributed by atoms with E-state index in [0.717, 1.165) is 18.6 Å². The average molecular weight is 298 g/mol. The highest BCUT2D eigenvalue weighted by atomic mass is 19.4. The van der Waals surface area contributed by atoms with E-state index in [2.05, 4.69) is 0 Å². The fourth-order valence-electron chi connectivity index (χ4n) is 2.97. The van der Waals surface area contributed by atoms with Gasteiger partial charge in [0.25, 0.3) is 0 Å². The minimum absolute atomic E-state index is 0.125. The molecule has 0 aromatic heterocycles. The van der Waals surface area contributed by atoms with E-state index in [-0.39, 0.29) is 12.2 Å². The van der Waals surface area contributed by atoms with Gasteiger partial charge in [0.15, 0.2) is 0 Å². The van der Waals surface area contributed by atoms with Crippen LogP contribution < -0.4 is 0 Å². The quantitative estimate of drug-likeness (QED) is 0.732. The maximum absolute atomic E-state index is 12.4. The highest BCUT2D eigenvalue weighted by molar-refractivity contribution is 5.80. The molecule has 0 atom stereocenters. The van der Waals surface area contributed by atoms with Gasteiger partial charge in [0.05, 0.1) is 5.56 Å². The Bertz CT molecular complexity index is 456. The first kappa shape index (κ1) is 16.1. The Balaban J connectivity index is 1.79. The molecule has 116 valence electrons. The van der Waals surface area contributed by atoms with E-state index in [4.69, 9.17) is 0 Å². The van der Waals surface area contributed by atoms with Crippen LogP contribution in [0.2, 0.25) is 0 Å². The number of carbonyl (C=O) groups excluding carboxylic acids is 1. The first-order chi connectivity index (χ1) is 9.95. The summed E-state index contributed by atoms with van der Waals surface area (Å²) in [6.45, 7) is 0. The zero-order valence-electron chi connectivity index (χ0n) is 12.1. The third kappa shape index (κ3) is 5.18. The standard InChI is InChI=1S/C17H21F3O/c18-17(19,20)15-9-6-14(7-10-15)12-16(21)11-8-13-4-2-1-3-5-13/h6-7,9-10,13H,1-5,8,11-12H2. The summed E-state index contributed by atoms with van der Waals surface area (Å²) in [6.07, 6.45) is 3.66. The summed E-state index contributed by atoms with van der Waals surface area (Å²) in [4.78, 5) is 11.9. The summed E-state index contributed by atoms with van der Waals surface area (Å²) < 4.78 is 37.3. The number of Topliss-reactive ketones (excluding diaryl/α,β-unsaturated/α-hetero) is 1. The number of benzene rings is 1. The maximum Gasteiger partial charge on any atom is 0.416 e. The molecule has 0 amide bonds. The smallest absolute Gasteiger partial charge is 0.299 e. The molecule has 0 saturated heterocycles. The Morgan fingerprint density at radius 3 is 2.24 bits per heavy atom. The van der Waals surface area contributed by atoms with Crippen molar-refractivity contribution >= 4 is 5.78 Å². The van der Waals surface area contributed by atoms with Crippen LogP contribution in [-0.4, -0.2) is 5.78 Å². The van der Waals surface area contributed by atoms with Crippen molar-refractivity contribution < 1.29 is 18.0 Å². The van der Waals surface area contributed by atoms with Crippen LogP contribution >= 0.6 is 0 Å². The number of rotatable bonds is 5. The Morgan fingerprint density at radius 1 is 1.05 bits per heavy atom. The van der Waals surface area contributed by atoms with Crippen molar-refractivity contribution in [3.63, 3.8) is 0 Å². The third-order valence-electron chi connectivity index (χ3n) is 4.24. The van der Waals surface area contributed by atoms with Crippen molar-refractivity contribution in [2.75, 3.05) is 0 Å². The predicted molar refractivity (Wildman–Crippen MR) is 76.0 cm³/mol. The molecule has 0 unspecified atom stereocenters. The summed E-state index contributed by atoms with van der Waals surface area (Å²) in [5, 5.41) is 0. The van der Waals surface area contributed by atoms with E-state index in [1.165, 1.54) is 44.2 Å². The molecule has 1 aliphatic rings. The second-order valence-electron chi connectivity index (χ2n) is 5.95. The summed E-state index contributed by atoms with van der Waals surface area (Å²) in [5.74, 6) is 0.788. The molecule has 1 fully saturated rings. The van der Waals surface area contributed by atoms with Crippen molar-refractivity contribution in [2.45, 2.75) is 57.5 Å². The molecule has 1 saturated carbocycles. The Hall–Kier alpha value is -1.32. The molecule has 0 radical (unpaired) electrons. The second kappa shape index (κ2) is 7.10. The number of hydrogen-bond donors (Lipinski definition) is 0. The van der Waals surface area contributed by atoms with Crippen molar-refractivity contribution in [1.29, 1.82) is 0 Å². The SMILES string of the molecule is O=C(CCC1CCCCC1)Cc1ccc(C(F)(F)F)cc1. The molecule has 4 heteroatoms. The van der Waals surface area contributed by atoms with Crippen LogP contribution in [0.25, 0.3) is 0 Å². The van der Waals surface area contributed by atoms with Gasteiger partial charge in [0.1, 0.15) is 5.78 Å². The minimum Gasteiger partial charge on any atom is -0.299 e. The first-order valence-corrected chi connectivity index (χ1v) is 7.63. The molecule has 0 spiro atoms. The van der Waals surface area contributed by atoms with Gasteiger partial charge in [-0.2, -0.15) is 13.2 Å². The van der Waals surface area contributed by atoms with Gasteiger partial charge < -0.3 is 0 Å². The molecular weight excluding hydrogens is 277 g/mol. The molecule has 0 heterocycles. The van der Waals surface area contributed by atoms with Crippen LogP contribution in [0.3, 0.4) is 0 Å². The van der Waals surface area contributed by atoms with E-state index in [0.29, 0.717) is 17.9 Å². The van der Waals surface area contributed by atoms with Crippen LogP contribution in [0, 0.1) is 5.92 Å². The van der Waals surface area contributed by atoms with Crippen molar-refractivity contribution in [2.24, 2.45) is 5.92 Å². The van der Waals surface area contributed by atoms with Gasteiger partial charge in [0, 0.05) is 12.8 Å². The van der Waals surface area contributed by atoms with Gasteiger partial charge in [0.2, 0.25) is 0 Å². The number of hydrogen-bond acceptors (Lipinski definition) is 1. The molecule has 0 bridgehead atoms. The first-order valence-electron chi connectivity index (χ1n) is 7.63. The number of halogens is 3. The largest absolute Gasteiger partial charge is 0.416 e. The average Bonchev–Trinajstić information content (AvgIpc) is 2.46. The fraction of sp³-hybridized carbons (Fsp3) is 0.588. The molecule has 1 aromatic rings. The Morgan fingerprint density at radius 2 is 1.67 bits per heavy atom. The van der Waals surface area contributed by atoms with Gasteiger partial charge in [-0.1, -0.05) is 44.2 Å². The molecule has 1 aromatic carbocycles. The Kier molecular flexibility index (Phi) is 5.43. The zero-order valence-corrected chi connectivity index (χ0v) is 12.1. The molecule has 1 aliphatic carbocycles. The molecule has 1 nitrogen and oxygen atoms in total. The summed E-state index contributed by atoms with van der Waals surface area (Å²) in [6, 6.07) is 4.90. The summed E-state index contributed by atoms with van der Waals surface area (Å²) in [5.41, 5.74) is -0.00227. The lowest BCUT2D eigenvalue weighted by molar-refractivity contribution is -0.137. The minimum atomic E-state index is -4.32. The van der Waals surface area contributed by atoms with Crippen LogP contribution in [0.4, 0.5) is 13.2 Å². The van der Waals surface area contributed by atoms with Gasteiger partial charge in [-0.25, -0.2) is 0 Å². The highest BCUT2D eigenvalue weighted by Crippen LogP contribution is 2.29. The van der Waals surface area contributed by atoms with Crippen LogP contribution in [-0.2, 0) is 17.4 Å². The van der Waals surface area contributed by atoms with E-state index < -0.39 is 11.7 Å². The van der Waals surface area contributed by atoms with Crippen molar-refractivity contribution in [1.82, 2.24) is 0 Å². The normalized spacial score (nSPS) is 16.9. The van der Waals surface area contributed by atoms with Crippen LogP contribution in [0.15, 0.2) is 24.3 Å². The highest BCUT2D eigenvalue weighted by Gasteiger charge is 2.29. The van der Waals surface area contributed by atoms with Crippen LogP contribution in [0.1, 0.15) is 56.1 Å². The molecule has 0 aliphatic heterocycles. The van der Waals surface area contributed by atoms with E-state index in [1.807, 2.05) is 0 Å². The summed E-state index contributed by atoms with van der Waals surface area (Å²) in [7, 11) is 0. The molecule has 21 heavy (non-hydrogen) atoms. The molecule has 0 N–H and O–H groups in total. The van der Waals surface area contributed by atoms with Gasteiger partial charge in [-0.05, 0) is 30.0 Å². The lowest BCUT2D eigenvalue weighted by Gasteiger charge is -2.20. The van der Waals surface area contributed by atoms with Gasteiger partial charge >= 0.3 is 6.18 Å². The fourth-order valence-corrected chi connectivity index (χ4v) is 2.97. The Labute approximate surface area is 123 Å². The van der Waals surface area contributed by atoms with Crippen molar-refractivity contribution in [3.8, 4) is 0 Å². The number of carbonyl (C=O) groups is 1. The zero-order chi connectivity index (χ0) is 15.3. The number of alkyl halides is 3. The van der Waals surface area contributed by atoms with E-state index in [9.17, 15) is 18.0 Å². The molecular formula is C17H21F3O. The van der Waals surface area contributed by atoms with Gasteiger partial charge in [-0.15, -0.1) is 0 Å². The second-order valence-corrected chi connectivity index (χ2v) is 5.95. The van der Waals surface area contributed by atoms with Crippen molar-refractivity contribution in [3.05, 3.63) is 35.4 Å². The summed E-state index contributed by atoms with van der Waals surface area (Å²) >= 11 is 0. The van der Waals surface area contributed by atoms with E-state index in [1.54, 1.807) is 0 Å².